The van der Waals surface area contributed by atoms with Crippen molar-refractivity contribution in [1.29, 1.82) is 0 Å². The summed E-state index contributed by atoms with van der Waals surface area (Å²) in [5, 5.41) is 7.80. The van der Waals surface area contributed by atoms with Crippen LogP contribution in [-0.4, -0.2) is 36.0 Å². The highest BCUT2D eigenvalue weighted by molar-refractivity contribution is 8.00. The first-order chi connectivity index (χ1) is 16.0. The lowest BCUT2D eigenvalue weighted by Crippen LogP contribution is -2.29. The largest absolute Gasteiger partial charge is 0.400 e. The number of rotatable bonds is 7. The lowest BCUT2D eigenvalue weighted by molar-refractivity contribution is -0.111. The van der Waals surface area contributed by atoms with Crippen molar-refractivity contribution in [2.24, 2.45) is 0 Å². The fourth-order valence-corrected chi connectivity index (χ4v) is 5.01. The molecule has 1 saturated heterocycles. The number of nitrogens with one attached hydrogen (secondary N) is 1. The van der Waals surface area contributed by atoms with Gasteiger partial charge >= 0.3 is 0 Å². The van der Waals surface area contributed by atoms with Gasteiger partial charge in [0.15, 0.2) is 0 Å². The third-order valence-corrected chi connectivity index (χ3v) is 7.25. The number of benzene rings is 3. The van der Waals surface area contributed by atoms with Gasteiger partial charge in [-0.2, -0.15) is 0 Å². The molecule has 6 heteroatoms. The van der Waals surface area contributed by atoms with Gasteiger partial charge in [-0.3, -0.25) is 4.90 Å². The van der Waals surface area contributed by atoms with Crippen molar-refractivity contribution in [2.75, 3.05) is 18.4 Å². The Labute approximate surface area is 206 Å². The molecule has 33 heavy (non-hydrogen) atoms. The van der Waals surface area contributed by atoms with Gasteiger partial charge in [0.1, 0.15) is 6.29 Å². The van der Waals surface area contributed by atoms with Crippen LogP contribution in [0.25, 0.3) is 11.1 Å². The van der Waals surface area contributed by atoms with Crippen molar-refractivity contribution in [3.05, 3.63) is 82.4 Å². The van der Waals surface area contributed by atoms with E-state index < -0.39 is 0 Å². The molecule has 0 amide bonds. The second-order valence-electron chi connectivity index (χ2n) is 8.16. The molecule has 4 rings (SSSR count). The van der Waals surface area contributed by atoms with E-state index in [1.807, 2.05) is 13.0 Å². The Morgan fingerprint density at radius 1 is 1.06 bits per heavy atom. The van der Waals surface area contributed by atoms with Crippen molar-refractivity contribution in [2.45, 2.75) is 44.2 Å². The van der Waals surface area contributed by atoms with E-state index in [2.05, 4.69) is 71.1 Å². The molecule has 4 nitrogen and oxygen atoms in total. The third kappa shape index (κ3) is 6.61. The minimum atomic E-state index is 0.0768. The van der Waals surface area contributed by atoms with Crippen molar-refractivity contribution < 1.29 is 9.90 Å². The van der Waals surface area contributed by atoms with Gasteiger partial charge in [0.05, 0.1) is 6.04 Å². The summed E-state index contributed by atoms with van der Waals surface area (Å²) in [5.74, 6) is 0. The monoisotopic (exact) mass is 482 g/mol. The van der Waals surface area contributed by atoms with Crippen LogP contribution in [0.3, 0.4) is 0 Å². The Hall–Kier alpha value is -2.31. The molecule has 1 aliphatic heterocycles. The van der Waals surface area contributed by atoms with Gasteiger partial charge < -0.3 is 14.6 Å². The SMILES string of the molecule is CO.Cc1cc(SNc2cccc(-c3ccc(CN4CCCC4C=O)cc3)c2)c(C)cc1Cl. The molecule has 1 atom stereocenters. The van der Waals surface area contributed by atoms with Crippen LogP contribution in [0.4, 0.5) is 5.69 Å². The van der Waals surface area contributed by atoms with Crippen LogP contribution in [0.5, 0.6) is 0 Å². The molecule has 1 unspecified atom stereocenters. The Balaban J connectivity index is 0.00000149. The van der Waals surface area contributed by atoms with Crippen LogP contribution in [0.1, 0.15) is 29.5 Å². The van der Waals surface area contributed by atoms with Crippen molar-refractivity contribution in [3.8, 4) is 11.1 Å². The van der Waals surface area contributed by atoms with Crippen molar-refractivity contribution >= 4 is 35.5 Å². The van der Waals surface area contributed by atoms with Crippen LogP contribution in [0, 0.1) is 13.8 Å². The van der Waals surface area contributed by atoms with Crippen LogP contribution in [0.2, 0.25) is 5.02 Å². The number of carbonyl (C=O) groups is 1. The normalized spacial score (nSPS) is 15.6. The fraction of sp³-hybridized carbons (Fsp3) is 0.296. The van der Waals surface area contributed by atoms with Gasteiger partial charge in [0.2, 0.25) is 0 Å². The van der Waals surface area contributed by atoms with Gasteiger partial charge in [-0.15, -0.1) is 0 Å². The highest BCUT2D eigenvalue weighted by Crippen LogP contribution is 2.31. The smallest absolute Gasteiger partial charge is 0.137 e. The number of carbonyl (C=O) groups excluding carboxylic acids is 1. The van der Waals surface area contributed by atoms with Gasteiger partial charge in [-0.25, -0.2) is 0 Å². The molecule has 1 aliphatic rings. The standard InChI is InChI=1S/C26H27ClN2OS.CH4O/c1-18-14-26(19(2)13-25(18)27)31-28-23-6-3-5-22(15-23)21-10-8-20(9-11-21)16-29-12-4-7-24(29)17-30;1-2/h3,5-6,8-11,13-15,17,24,28H,4,7,12,16H2,1-2H3;2H,1H3. The topological polar surface area (TPSA) is 52.6 Å². The van der Waals surface area contributed by atoms with Gasteiger partial charge in [-0.05, 0) is 97.3 Å². The van der Waals surface area contributed by atoms with E-state index in [9.17, 15) is 4.79 Å². The zero-order chi connectivity index (χ0) is 23.8. The second-order valence-corrected chi connectivity index (χ2v) is 9.42. The van der Waals surface area contributed by atoms with Crippen LogP contribution < -0.4 is 4.72 Å². The van der Waals surface area contributed by atoms with E-state index in [4.69, 9.17) is 16.7 Å². The van der Waals surface area contributed by atoms with E-state index in [1.54, 1.807) is 11.9 Å². The quantitative estimate of drug-likeness (QED) is 0.297. The van der Waals surface area contributed by atoms with Gasteiger partial charge in [-0.1, -0.05) is 48.0 Å². The minimum absolute atomic E-state index is 0.0768. The average Bonchev–Trinajstić information content (AvgIpc) is 3.29. The molecule has 0 aromatic heterocycles. The molecule has 174 valence electrons. The summed E-state index contributed by atoms with van der Waals surface area (Å²) in [6, 6.07) is 21.3. The number of aldehydes is 1. The predicted octanol–water partition coefficient (Wildman–Crippen LogP) is 6.51. The van der Waals surface area contributed by atoms with Crippen molar-refractivity contribution in [3.63, 3.8) is 0 Å². The summed E-state index contributed by atoms with van der Waals surface area (Å²) in [6.07, 6.45) is 3.17. The van der Waals surface area contributed by atoms with E-state index in [-0.39, 0.29) is 6.04 Å². The molecule has 0 bridgehead atoms. The molecule has 3 aromatic carbocycles. The maximum atomic E-state index is 11.2. The maximum absolute atomic E-state index is 11.2. The number of nitrogens with zero attached hydrogens (tertiary/aromatic N) is 1. The first-order valence-corrected chi connectivity index (χ1v) is 12.3. The molecule has 1 heterocycles. The summed E-state index contributed by atoms with van der Waals surface area (Å²) < 4.78 is 3.46. The number of aryl methyl sites for hydroxylation is 2. The number of halogens is 1. The van der Waals surface area contributed by atoms with E-state index in [0.29, 0.717) is 0 Å². The third-order valence-electron chi connectivity index (χ3n) is 5.84. The molecule has 0 radical (unpaired) electrons. The van der Waals surface area contributed by atoms with Crippen LogP contribution in [-0.2, 0) is 11.3 Å². The Bertz CT molecular complexity index is 1070. The molecule has 1 fully saturated rings. The Kier molecular flexibility index (Phi) is 9.39. The second kappa shape index (κ2) is 12.2. The van der Waals surface area contributed by atoms with Gasteiger partial charge in [0.25, 0.3) is 0 Å². The minimum Gasteiger partial charge on any atom is -0.400 e. The summed E-state index contributed by atoms with van der Waals surface area (Å²) in [6.45, 7) is 5.94. The summed E-state index contributed by atoms with van der Waals surface area (Å²) >= 11 is 7.82. The highest BCUT2D eigenvalue weighted by atomic mass is 35.5. The summed E-state index contributed by atoms with van der Waals surface area (Å²) in [7, 11) is 1.00. The summed E-state index contributed by atoms with van der Waals surface area (Å²) in [4.78, 5) is 14.7. The first kappa shape index (κ1) is 25.3. The number of likely N-dealkylation sites (tertiary alicyclic amines) is 1. The zero-order valence-corrected chi connectivity index (χ0v) is 20.9. The number of hydrogen-bond donors (Lipinski definition) is 2. The number of hydrogen-bond acceptors (Lipinski definition) is 5. The lowest BCUT2D eigenvalue weighted by atomic mass is 10.0. The van der Waals surface area contributed by atoms with E-state index in [1.165, 1.54) is 21.6 Å². The molecule has 0 saturated carbocycles. The maximum Gasteiger partial charge on any atom is 0.137 e. The van der Waals surface area contributed by atoms with Crippen LogP contribution >= 0.6 is 23.5 Å². The highest BCUT2D eigenvalue weighted by Gasteiger charge is 2.23. The number of aliphatic hydroxyl groups excluding tert-OH is 1. The van der Waals surface area contributed by atoms with Crippen LogP contribution in [0.15, 0.2) is 65.6 Å². The molecule has 0 aliphatic carbocycles. The molecular formula is C27H31ClN2O2S. The predicted molar refractivity (Wildman–Crippen MR) is 140 cm³/mol. The molecule has 3 aromatic rings. The number of aliphatic hydroxyl groups is 1. The number of anilines is 1. The molecule has 0 spiro atoms. The van der Waals surface area contributed by atoms with E-state index in [0.717, 1.165) is 61.2 Å². The van der Waals surface area contributed by atoms with E-state index >= 15 is 0 Å². The fourth-order valence-electron chi connectivity index (χ4n) is 3.98. The first-order valence-electron chi connectivity index (χ1n) is 11.1. The lowest BCUT2D eigenvalue weighted by Gasteiger charge is -2.20. The Morgan fingerprint density at radius 3 is 2.55 bits per heavy atom. The average molecular weight is 483 g/mol. The summed E-state index contributed by atoms with van der Waals surface area (Å²) in [5.41, 5.74) is 6.91. The molecular weight excluding hydrogens is 452 g/mol. The van der Waals surface area contributed by atoms with Gasteiger partial charge in [0, 0.05) is 29.3 Å². The zero-order valence-electron chi connectivity index (χ0n) is 19.3. The molecule has 2 N–H and O–H groups in total. The Morgan fingerprint density at radius 2 is 1.82 bits per heavy atom. The van der Waals surface area contributed by atoms with Crippen molar-refractivity contribution in [1.82, 2.24) is 4.90 Å².